The standard InChI is InChI=1S/C16H16N6O2S2/c17-5-8-6-20-16(22-13(8)18)25-7-11(23)21-15-12(14(19)24)9-3-1-2-4-10(9)26-15/h6H,1-4,7H2,(H2,19,24)(H,21,23)(H2,18,20,22). The first-order chi connectivity index (χ1) is 12.5. The lowest BCUT2D eigenvalue weighted by Gasteiger charge is -2.11. The number of amides is 2. The number of nitriles is 1. The first-order valence-electron chi connectivity index (χ1n) is 7.89. The van der Waals surface area contributed by atoms with E-state index in [1.54, 1.807) is 0 Å². The molecular formula is C16H16N6O2S2. The molecule has 26 heavy (non-hydrogen) atoms. The number of carbonyl (C=O) groups excluding carboxylic acids is 2. The van der Waals surface area contributed by atoms with Gasteiger partial charge in [0.1, 0.15) is 22.5 Å². The van der Waals surface area contributed by atoms with E-state index in [1.165, 1.54) is 17.5 Å². The van der Waals surface area contributed by atoms with Crippen molar-refractivity contribution in [2.75, 3.05) is 16.8 Å². The Morgan fingerprint density at radius 3 is 2.85 bits per heavy atom. The van der Waals surface area contributed by atoms with Crippen molar-refractivity contribution in [1.82, 2.24) is 9.97 Å². The number of primary amides is 1. The van der Waals surface area contributed by atoms with Gasteiger partial charge in [-0.05, 0) is 31.2 Å². The van der Waals surface area contributed by atoms with Gasteiger partial charge in [-0.3, -0.25) is 9.59 Å². The van der Waals surface area contributed by atoms with E-state index in [1.807, 2.05) is 6.07 Å². The van der Waals surface area contributed by atoms with Gasteiger partial charge in [-0.1, -0.05) is 11.8 Å². The largest absolute Gasteiger partial charge is 0.382 e. The van der Waals surface area contributed by atoms with Crippen LogP contribution in [0.3, 0.4) is 0 Å². The Hall–Kier alpha value is -2.64. The number of nitrogen functional groups attached to an aromatic ring is 1. The fraction of sp³-hybridized carbons (Fsp3) is 0.312. The molecule has 0 atom stereocenters. The van der Waals surface area contributed by atoms with Crippen molar-refractivity contribution in [2.24, 2.45) is 5.73 Å². The molecule has 2 aromatic rings. The van der Waals surface area contributed by atoms with Gasteiger partial charge in [0, 0.05) is 4.88 Å². The summed E-state index contributed by atoms with van der Waals surface area (Å²) in [4.78, 5) is 33.2. The van der Waals surface area contributed by atoms with E-state index >= 15 is 0 Å². The quantitative estimate of drug-likeness (QED) is 0.521. The molecule has 3 rings (SSSR count). The highest BCUT2D eigenvalue weighted by molar-refractivity contribution is 7.99. The number of hydrogen-bond donors (Lipinski definition) is 3. The number of thiophene rings is 1. The van der Waals surface area contributed by atoms with E-state index in [0.717, 1.165) is 47.9 Å². The van der Waals surface area contributed by atoms with Crippen molar-refractivity contribution in [3.63, 3.8) is 0 Å². The molecule has 1 aliphatic carbocycles. The molecule has 10 heteroatoms. The van der Waals surface area contributed by atoms with E-state index in [0.29, 0.717) is 15.7 Å². The molecule has 2 amide bonds. The number of nitrogens with two attached hydrogens (primary N) is 2. The highest BCUT2D eigenvalue weighted by Gasteiger charge is 2.25. The highest BCUT2D eigenvalue weighted by atomic mass is 32.2. The SMILES string of the molecule is N#Cc1cnc(SCC(=O)Nc2sc3c(c2C(N)=O)CCCC3)nc1N. The third-order valence-electron chi connectivity index (χ3n) is 3.92. The third kappa shape index (κ3) is 3.79. The Bertz CT molecular complexity index is 918. The van der Waals surface area contributed by atoms with Crippen molar-refractivity contribution >= 4 is 45.7 Å². The Balaban J connectivity index is 1.69. The molecule has 134 valence electrons. The van der Waals surface area contributed by atoms with Crippen LogP contribution in [0.4, 0.5) is 10.8 Å². The van der Waals surface area contributed by atoms with Crippen LogP contribution in [0.15, 0.2) is 11.4 Å². The Morgan fingerprint density at radius 1 is 1.38 bits per heavy atom. The summed E-state index contributed by atoms with van der Waals surface area (Å²) in [5.74, 6) is -0.683. The summed E-state index contributed by atoms with van der Waals surface area (Å²) in [5.41, 5.74) is 12.7. The summed E-state index contributed by atoms with van der Waals surface area (Å²) in [6, 6.07) is 1.88. The second-order valence-corrected chi connectivity index (χ2v) is 7.73. The summed E-state index contributed by atoms with van der Waals surface area (Å²) >= 11 is 2.51. The summed E-state index contributed by atoms with van der Waals surface area (Å²) in [7, 11) is 0. The minimum atomic E-state index is -0.518. The lowest BCUT2D eigenvalue weighted by atomic mass is 9.95. The van der Waals surface area contributed by atoms with Gasteiger partial charge in [0.25, 0.3) is 5.91 Å². The number of anilines is 2. The van der Waals surface area contributed by atoms with Gasteiger partial charge in [-0.25, -0.2) is 9.97 Å². The topological polar surface area (TPSA) is 148 Å². The van der Waals surface area contributed by atoms with Crippen LogP contribution in [0.2, 0.25) is 0 Å². The van der Waals surface area contributed by atoms with Gasteiger partial charge in [0.15, 0.2) is 5.16 Å². The second-order valence-electron chi connectivity index (χ2n) is 5.68. The molecule has 5 N–H and O–H groups in total. The van der Waals surface area contributed by atoms with Gasteiger partial charge >= 0.3 is 0 Å². The minimum Gasteiger partial charge on any atom is -0.382 e. The normalized spacial score (nSPS) is 12.9. The van der Waals surface area contributed by atoms with Gasteiger partial charge < -0.3 is 16.8 Å². The number of thioether (sulfide) groups is 1. The third-order valence-corrected chi connectivity index (χ3v) is 5.99. The van der Waals surface area contributed by atoms with Crippen LogP contribution in [-0.2, 0) is 17.6 Å². The predicted octanol–water partition coefficient (Wildman–Crippen LogP) is 1.70. The molecule has 0 spiro atoms. The maximum atomic E-state index is 12.3. The first-order valence-corrected chi connectivity index (χ1v) is 9.69. The number of aryl methyl sites for hydroxylation is 1. The highest BCUT2D eigenvalue weighted by Crippen LogP contribution is 2.38. The van der Waals surface area contributed by atoms with E-state index in [-0.39, 0.29) is 23.0 Å². The number of aromatic nitrogens is 2. The van der Waals surface area contributed by atoms with Crippen LogP contribution in [-0.4, -0.2) is 27.5 Å². The zero-order valence-electron chi connectivity index (χ0n) is 13.7. The maximum Gasteiger partial charge on any atom is 0.251 e. The molecule has 0 saturated carbocycles. The number of carbonyl (C=O) groups is 2. The van der Waals surface area contributed by atoms with Crippen LogP contribution in [0.25, 0.3) is 0 Å². The maximum absolute atomic E-state index is 12.3. The molecule has 0 fully saturated rings. The average molecular weight is 388 g/mol. The van der Waals surface area contributed by atoms with E-state index < -0.39 is 5.91 Å². The molecule has 0 unspecified atom stereocenters. The van der Waals surface area contributed by atoms with Crippen molar-refractivity contribution in [3.8, 4) is 6.07 Å². The van der Waals surface area contributed by atoms with Gasteiger partial charge in [0.05, 0.1) is 17.5 Å². The molecule has 2 heterocycles. The zero-order chi connectivity index (χ0) is 18.7. The molecule has 0 radical (unpaired) electrons. The Kier molecular flexibility index (Phi) is 5.39. The summed E-state index contributed by atoms with van der Waals surface area (Å²) < 4.78 is 0. The monoisotopic (exact) mass is 388 g/mol. The lowest BCUT2D eigenvalue weighted by Crippen LogP contribution is -2.19. The Morgan fingerprint density at radius 2 is 2.15 bits per heavy atom. The first kappa shape index (κ1) is 18.2. The zero-order valence-corrected chi connectivity index (χ0v) is 15.4. The molecule has 0 bridgehead atoms. The van der Waals surface area contributed by atoms with Crippen LogP contribution in [0, 0.1) is 11.3 Å². The van der Waals surface area contributed by atoms with Crippen LogP contribution < -0.4 is 16.8 Å². The average Bonchev–Trinajstić information content (AvgIpc) is 2.98. The van der Waals surface area contributed by atoms with Crippen LogP contribution in [0.5, 0.6) is 0 Å². The number of nitrogens with zero attached hydrogens (tertiary/aromatic N) is 3. The minimum absolute atomic E-state index is 0.0477. The van der Waals surface area contributed by atoms with Crippen molar-refractivity contribution in [3.05, 3.63) is 27.8 Å². The fourth-order valence-corrected chi connectivity index (χ4v) is 4.67. The van der Waals surface area contributed by atoms with Crippen LogP contribution in [0.1, 0.15) is 39.2 Å². The Labute approximate surface area is 158 Å². The molecular weight excluding hydrogens is 372 g/mol. The second kappa shape index (κ2) is 7.72. The van der Waals surface area contributed by atoms with E-state index in [9.17, 15) is 9.59 Å². The molecule has 0 saturated heterocycles. The van der Waals surface area contributed by atoms with Gasteiger partial charge in [-0.15, -0.1) is 11.3 Å². The smallest absolute Gasteiger partial charge is 0.251 e. The molecule has 1 aliphatic rings. The molecule has 8 nitrogen and oxygen atoms in total. The summed E-state index contributed by atoms with van der Waals surface area (Å²) in [6.07, 6.45) is 5.13. The van der Waals surface area contributed by atoms with Crippen molar-refractivity contribution in [2.45, 2.75) is 30.8 Å². The van der Waals surface area contributed by atoms with E-state index in [2.05, 4.69) is 15.3 Å². The fourth-order valence-electron chi connectivity index (χ4n) is 2.74. The van der Waals surface area contributed by atoms with Crippen LogP contribution >= 0.6 is 23.1 Å². The van der Waals surface area contributed by atoms with E-state index in [4.69, 9.17) is 16.7 Å². The van der Waals surface area contributed by atoms with Crippen molar-refractivity contribution < 1.29 is 9.59 Å². The molecule has 2 aromatic heterocycles. The lowest BCUT2D eigenvalue weighted by molar-refractivity contribution is -0.113. The number of fused-ring (bicyclic) bond motifs is 1. The van der Waals surface area contributed by atoms with Gasteiger partial charge in [0.2, 0.25) is 5.91 Å². The van der Waals surface area contributed by atoms with Crippen molar-refractivity contribution in [1.29, 1.82) is 5.26 Å². The summed E-state index contributed by atoms with van der Waals surface area (Å²) in [5, 5.41) is 12.4. The number of rotatable bonds is 5. The predicted molar refractivity (Wildman–Crippen MR) is 100.0 cm³/mol. The number of nitrogens with one attached hydrogen (secondary N) is 1. The van der Waals surface area contributed by atoms with Gasteiger partial charge in [-0.2, -0.15) is 5.26 Å². The number of hydrogen-bond acceptors (Lipinski definition) is 8. The molecule has 0 aliphatic heterocycles. The molecule has 0 aromatic carbocycles. The summed E-state index contributed by atoms with van der Waals surface area (Å²) in [6.45, 7) is 0.